The zero-order valence-corrected chi connectivity index (χ0v) is 10.9. The predicted molar refractivity (Wildman–Crippen MR) is 66.4 cm³/mol. The molecule has 1 aliphatic heterocycles. The first-order valence-electron chi connectivity index (χ1n) is 6.94. The molecule has 2 atom stereocenters. The van der Waals surface area contributed by atoms with Gasteiger partial charge in [-0.1, -0.05) is 5.16 Å². The van der Waals surface area contributed by atoms with Gasteiger partial charge < -0.3 is 14.6 Å². The highest BCUT2D eigenvalue weighted by Crippen LogP contribution is 2.34. The minimum absolute atomic E-state index is 0.324. The normalized spacial score (nSPS) is 26.2. The van der Waals surface area contributed by atoms with E-state index in [2.05, 4.69) is 15.5 Å². The molecule has 5 heteroatoms. The van der Waals surface area contributed by atoms with E-state index in [0.717, 1.165) is 50.1 Å². The van der Waals surface area contributed by atoms with Crippen molar-refractivity contribution in [1.29, 1.82) is 0 Å². The summed E-state index contributed by atoms with van der Waals surface area (Å²) >= 11 is 0. The molecule has 0 aromatic carbocycles. The van der Waals surface area contributed by atoms with E-state index in [1.807, 2.05) is 7.05 Å². The predicted octanol–water partition coefficient (Wildman–Crippen LogP) is 1.50. The molecule has 100 valence electrons. The van der Waals surface area contributed by atoms with E-state index in [1.165, 1.54) is 12.8 Å². The van der Waals surface area contributed by atoms with Crippen LogP contribution in [0, 0.1) is 5.92 Å². The molecule has 18 heavy (non-hydrogen) atoms. The van der Waals surface area contributed by atoms with Crippen molar-refractivity contribution in [2.45, 2.75) is 44.1 Å². The van der Waals surface area contributed by atoms with Crippen LogP contribution in [0.25, 0.3) is 0 Å². The Bertz CT molecular complexity index is 383. The van der Waals surface area contributed by atoms with Crippen LogP contribution in [0.4, 0.5) is 0 Å². The molecule has 2 fully saturated rings. The fourth-order valence-corrected chi connectivity index (χ4v) is 2.65. The van der Waals surface area contributed by atoms with Crippen LogP contribution in [0.2, 0.25) is 0 Å². The molecule has 0 bridgehead atoms. The van der Waals surface area contributed by atoms with Gasteiger partial charge in [0.25, 0.3) is 0 Å². The average Bonchev–Trinajstić information content (AvgIpc) is 3.16. The van der Waals surface area contributed by atoms with E-state index < -0.39 is 0 Å². The molecular formula is C13H21N3O2. The van der Waals surface area contributed by atoms with Crippen molar-refractivity contribution in [3.05, 3.63) is 11.7 Å². The first-order chi connectivity index (χ1) is 8.86. The van der Waals surface area contributed by atoms with Crippen LogP contribution in [0.3, 0.4) is 0 Å². The summed E-state index contributed by atoms with van der Waals surface area (Å²) in [5.41, 5.74) is 0. The van der Waals surface area contributed by atoms with E-state index >= 15 is 0 Å². The Morgan fingerprint density at radius 1 is 1.39 bits per heavy atom. The summed E-state index contributed by atoms with van der Waals surface area (Å²) in [4.78, 5) is 4.53. The molecule has 1 N–H and O–H groups in total. The van der Waals surface area contributed by atoms with Gasteiger partial charge in [-0.05, 0) is 38.6 Å². The largest absolute Gasteiger partial charge is 0.381 e. The second kappa shape index (κ2) is 5.36. The molecule has 0 radical (unpaired) electrons. The zero-order valence-electron chi connectivity index (χ0n) is 10.9. The van der Waals surface area contributed by atoms with E-state index in [4.69, 9.17) is 9.26 Å². The highest BCUT2D eigenvalue weighted by molar-refractivity contribution is 4.99. The zero-order chi connectivity index (χ0) is 12.4. The second-order valence-corrected chi connectivity index (χ2v) is 5.40. The minimum Gasteiger partial charge on any atom is -0.381 e. The van der Waals surface area contributed by atoms with Crippen molar-refractivity contribution in [1.82, 2.24) is 15.5 Å². The SMILES string of the molecule is CNC(Cc1nc(C2CCCOC2)no1)C1CC1. The lowest BCUT2D eigenvalue weighted by atomic mass is 10.0. The average molecular weight is 251 g/mol. The van der Waals surface area contributed by atoms with Gasteiger partial charge in [0, 0.05) is 25.0 Å². The van der Waals surface area contributed by atoms with E-state index in [1.54, 1.807) is 0 Å². The summed E-state index contributed by atoms with van der Waals surface area (Å²) < 4.78 is 10.8. The van der Waals surface area contributed by atoms with Crippen LogP contribution < -0.4 is 5.32 Å². The first-order valence-corrected chi connectivity index (χ1v) is 6.94. The molecule has 1 aromatic rings. The van der Waals surface area contributed by atoms with Crippen LogP contribution in [0.5, 0.6) is 0 Å². The Labute approximate surface area is 107 Å². The monoisotopic (exact) mass is 251 g/mol. The molecule has 5 nitrogen and oxygen atoms in total. The van der Waals surface area contributed by atoms with Gasteiger partial charge in [0.05, 0.1) is 6.61 Å². The smallest absolute Gasteiger partial charge is 0.228 e. The molecule has 2 aliphatic rings. The number of likely N-dealkylation sites (N-methyl/N-ethyl adjacent to an activating group) is 1. The van der Waals surface area contributed by atoms with Gasteiger partial charge in [-0.3, -0.25) is 0 Å². The van der Waals surface area contributed by atoms with Gasteiger partial charge in [-0.25, -0.2) is 0 Å². The fourth-order valence-electron chi connectivity index (χ4n) is 2.65. The van der Waals surface area contributed by atoms with Crippen molar-refractivity contribution in [3.8, 4) is 0 Å². The summed E-state index contributed by atoms with van der Waals surface area (Å²) in [5, 5.41) is 7.46. The van der Waals surface area contributed by atoms with Crippen molar-refractivity contribution in [2.24, 2.45) is 5.92 Å². The Balaban J connectivity index is 1.61. The summed E-state index contributed by atoms with van der Waals surface area (Å²) in [6.07, 6.45) is 5.69. The lowest BCUT2D eigenvalue weighted by Crippen LogP contribution is -2.29. The Hall–Kier alpha value is -0.940. The molecule has 3 rings (SSSR count). The number of nitrogens with one attached hydrogen (secondary N) is 1. The Morgan fingerprint density at radius 2 is 2.28 bits per heavy atom. The van der Waals surface area contributed by atoms with Gasteiger partial charge in [-0.15, -0.1) is 0 Å². The molecule has 1 aromatic heterocycles. The van der Waals surface area contributed by atoms with Crippen LogP contribution >= 0.6 is 0 Å². The molecule has 0 amide bonds. The molecule has 1 aliphatic carbocycles. The van der Waals surface area contributed by atoms with Gasteiger partial charge in [0.1, 0.15) is 0 Å². The molecule has 1 saturated heterocycles. The maximum atomic E-state index is 5.46. The first kappa shape index (κ1) is 12.1. The number of hydrogen-bond donors (Lipinski definition) is 1. The van der Waals surface area contributed by atoms with Gasteiger partial charge >= 0.3 is 0 Å². The summed E-state index contributed by atoms with van der Waals surface area (Å²) in [5.74, 6) is 2.71. The van der Waals surface area contributed by atoms with E-state index in [0.29, 0.717) is 12.0 Å². The Morgan fingerprint density at radius 3 is 2.94 bits per heavy atom. The molecule has 0 spiro atoms. The number of hydrogen-bond acceptors (Lipinski definition) is 5. The minimum atomic E-state index is 0.324. The number of rotatable bonds is 5. The molecule has 1 saturated carbocycles. The third-order valence-corrected chi connectivity index (χ3v) is 3.97. The number of aromatic nitrogens is 2. The highest BCUT2D eigenvalue weighted by atomic mass is 16.5. The quantitative estimate of drug-likeness (QED) is 0.859. The maximum Gasteiger partial charge on any atom is 0.228 e. The van der Waals surface area contributed by atoms with Crippen LogP contribution in [0.1, 0.15) is 43.3 Å². The number of ether oxygens (including phenoxy) is 1. The van der Waals surface area contributed by atoms with Crippen LogP contribution in [-0.2, 0) is 11.2 Å². The standard InChI is InChI=1S/C13H21N3O2/c1-14-11(9-4-5-9)7-12-15-13(16-18-12)10-3-2-6-17-8-10/h9-11,14H,2-8H2,1H3. The van der Waals surface area contributed by atoms with Crippen LogP contribution in [-0.4, -0.2) is 36.4 Å². The Kier molecular flexibility index (Phi) is 3.61. The topological polar surface area (TPSA) is 60.2 Å². The number of nitrogens with zero attached hydrogens (tertiary/aromatic N) is 2. The van der Waals surface area contributed by atoms with Crippen LogP contribution in [0.15, 0.2) is 4.52 Å². The van der Waals surface area contributed by atoms with E-state index in [-0.39, 0.29) is 0 Å². The fraction of sp³-hybridized carbons (Fsp3) is 0.846. The van der Waals surface area contributed by atoms with Gasteiger partial charge in [0.2, 0.25) is 5.89 Å². The lowest BCUT2D eigenvalue weighted by Gasteiger charge is -2.18. The van der Waals surface area contributed by atoms with Crippen molar-refractivity contribution in [2.75, 3.05) is 20.3 Å². The summed E-state index contributed by atoms with van der Waals surface area (Å²) in [7, 11) is 2.01. The third kappa shape index (κ3) is 2.72. The second-order valence-electron chi connectivity index (χ2n) is 5.40. The third-order valence-electron chi connectivity index (χ3n) is 3.97. The van der Waals surface area contributed by atoms with Crippen molar-refractivity contribution in [3.63, 3.8) is 0 Å². The summed E-state index contributed by atoms with van der Waals surface area (Å²) in [6.45, 7) is 1.60. The highest BCUT2D eigenvalue weighted by Gasteiger charge is 2.31. The van der Waals surface area contributed by atoms with Crippen molar-refractivity contribution >= 4 is 0 Å². The van der Waals surface area contributed by atoms with Gasteiger partial charge in [0.15, 0.2) is 5.82 Å². The molecule has 2 heterocycles. The van der Waals surface area contributed by atoms with Gasteiger partial charge in [-0.2, -0.15) is 4.98 Å². The summed E-state index contributed by atoms with van der Waals surface area (Å²) in [6, 6.07) is 0.487. The van der Waals surface area contributed by atoms with Crippen molar-refractivity contribution < 1.29 is 9.26 Å². The lowest BCUT2D eigenvalue weighted by molar-refractivity contribution is 0.0773. The molecule has 2 unspecified atom stereocenters. The maximum absolute atomic E-state index is 5.46. The van der Waals surface area contributed by atoms with E-state index in [9.17, 15) is 0 Å². The molecular weight excluding hydrogens is 230 g/mol.